The van der Waals surface area contributed by atoms with Crippen molar-refractivity contribution in [2.45, 2.75) is 9.79 Å². The maximum atomic E-state index is 12.3. The molecule has 0 unspecified atom stereocenters. The standard InChI is InChI=1S/C30H24N5O8S2.Cu.4Na.H2O4S.2O3S/c1-4-44(38,39)27-16-25(36)24(15-26(27)43-3)34-32-22-14-10-19-20(29(22)37)11-13-21(31-2)28(19)35-33-23-12-9-17-7-5-6-8-18(17)30(23)45(40,41)42;;;;;;1-5(2,3)4;2*1-4(2)3/h5-6,8-13,15-16,31,36-37H,1,4H2,2-3H3,(H,40,41,42);;;;;;(H2,1,2,3,4);;/q-3;;4*+1;;;/p-2. The number of benzene rings is 5. The molecule has 4 N–H and O–H groups in total. The number of aromatic hydroxyl groups is 2. The Morgan fingerprint density at radius 3 is 1.81 bits per heavy atom. The van der Waals surface area contributed by atoms with Crippen LogP contribution in [0.4, 0.5) is 28.4 Å². The summed E-state index contributed by atoms with van der Waals surface area (Å²) < 4.78 is 150. The van der Waals surface area contributed by atoms with Gasteiger partial charge in [0, 0.05) is 58.3 Å². The largest absolute Gasteiger partial charge is 1.00 e. The molecule has 0 aliphatic heterocycles. The Labute approximate surface area is 462 Å². The van der Waals surface area contributed by atoms with Gasteiger partial charge in [0.25, 0.3) is 0 Å². The molecule has 0 aromatic heterocycles. The smallest absolute Gasteiger partial charge is 0.745 e. The topological polar surface area (TPSA) is 382 Å². The summed E-state index contributed by atoms with van der Waals surface area (Å²) in [6.07, 6.45) is 0. The molecule has 0 heterocycles. The van der Waals surface area contributed by atoms with Crippen LogP contribution in [0.3, 0.4) is 0 Å². The van der Waals surface area contributed by atoms with E-state index < -0.39 is 68.0 Å². The molecular formula is C30H24CuN5Na4O18S5-. The van der Waals surface area contributed by atoms with Crippen molar-refractivity contribution in [3.63, 3.8) is 0 Å². The van der Waals surface area contributed by atoms with Gasteiger partial charge in [-0.05, 0) is 6.07 Å². The van der Waals surface area contributed by atoms with Crippen LogP contribution in [0.5, 0.6) is 17.2 Å². The third-order valence-electron chi connectivity index (χ3n) is 6.72. The summed E-state index contributed by atoms with van der Waals surface area (Å²) in [5, 5.41) is 41.8. The number of nitrogens with zero attached hydrogens (tertiary/aromatic N) is 4. The van der Waals surface area contributed by atoms with Crippen molar-refractivity contribution in [2.24, 2.45) is 20.5 Å². The number of sulfone groups is 1. The van der Waals surface area contributed by atoms with Gasteiger partial charge in [-0.2, -0.15) is 27.5 Å². The monoisotopic (exact) mass is 1060 g/mol. The molecule has 323 valence electrons. The van der Waals surface area contributed by atoms with Crippen LogP contribution >= 0.6 is 0 Å². The predicted octanol–water partition coefficient (Wildman–Crippen LogP) is -8.59. The molecular weight excluding hydrogens is 1030 g/mol. The number of fused-ring (bicyclic) bond motifs is 2. The van der Waals surface area contributed by atoms with Crippen molar-refractivity contribution in [1.29, 1.82) is 0 Å². The van der Waals surface area contributed by atoms with E-state index in [1.165, 1.54) is 31.4 Å². The Morgan fingerprint density at radius 1 is 0.778 bits per heavy atom. The average Bonchev–Trinajstić information content (AvgIpc) is 3.11. The molecule has 5 rings (SSSR count). The summed E-state index contributed by atoms with van der Waals surface area (Å²) in [7, 11) is -17.0. The molecule has 0 atom stereocenters. The fourth-order valence-electron chi connectivity index (χ4n) is 4.52. The second-order valence-corrected chi connectivity index (χ2v) is 15.3. The van der Waals surface area contributed by atoms with Gasteiger partial charge in [-0.15, -0.1) is 66.1 Å². The maximum absolute atomic E-state index is 12.3. The van der Waals surface area contributed by atoms with Crippen LogP contribution in [0.25, 0.3) is 21.5 Å². The van der Waals surface area contributed by atoms with Crippen molar-refractivity contribution < 1.29 is 214 Å². The molecule has 0 saturated heterocycles. The summed E-state index contributed by atoms with van der Waals surface area (Å²) in [5.41, 5.74) is 0.215. The quantitative estimate of drug-likeness (QED) is 0.0350. The Hall–Kier alpha value is -1.49. The van der Waals surface area contributed by atoms with Crippen molar-refractivity contribution in [3.05, 3.63) is 79.7 Å². The summed E-state index contributed by atoms with van der Waals surface area (Å²) >= 11 is 0. The van der Waals surface area contributed by atoms with Crippen LogP contribution in [0.15, 0.2) is 90.9 Å². The molecule has 33 heteroatoms. The van der Waals surface area contributed by atoms with Gasteiger partial charge >= 0.3 is 139 Å². The molecule has 5 aromatic carbocycles. The zero-order valence-corrected chi connectivity index (χ0v) is 46.3. The van der Waals surface area contributed by atoms with Gasteiger partial charge < -0.3 is 36.3 Å². The van der Waals surface area contributed by atoms with E-state index in [1.54, 1.807) is 37.4 Å². The number of phenols is 2. The molecule has 0 aliphatic carbocycles. The first kappa shape index (κ1) is 68.1. The molecule has 63 heavy (non-hydrogen) atoms. The molecule has 0 aliphatic rings. The Bertz CT molecular complexity index is 2960. The number of hydrogen-bond acceptors (Lipinski definition) is 22. The van der Waals surface area contributed by atoms with Gasteiger partial charge in [0.15, 0.2) is 9.84 Å². The normalized spacial score (nSPS) is 10.6. The molecule has 23 nitrogen and oxygen atoms in total. The SMILES string of the molecule is O=S(=O)([O-])O.O=S(=O)=O.O=S(=O)=O.[CH2-]CS(=O)(=O)c1cc(O)c(N=Nc2[c-]cc3c(N=Nc4ccc5[c-]cccc5c4S(=O)(=O)[O-])c(NC)ccc3c2O)cc1OC.[Cu].[Na+].[Na+].[Na+].[Na+]. The molecule has 1 radical (unpaired) electrons. The fourth-order valence-corrected chi connectivity index (χ4v) is 6.30. The zero-order chi connectivity index (χ0) is 44.2. The van der Waals surface area contributed by atoms with Gasteiger partial charge in [-0.3, -0.25) is 4.55 Å². The number of ether oxygens (including phenoxy) is 1. The molecule has 0 fully saturated rings. The third kappa shape index (κ3) is 21.8. The van der Waals surface area contributed by atoms with Crippen molar-refractivity contribution >= 4 is 102 Å². The van der Waals surface area contributed by atoms with E-state index in [4.69, 9.17) is 47.5 Å². The minimum absolute atomic E-state index is 0. The second-order valence-electron chi connectivity index (χ2n) is 10.2. The number of nitrogens with one attached hydrogen (secondary N) is 1. The maximum Gasteiger partial charge on any atom is 1.00 e. The van der Waals surface area contributed by atoms with Crippen LogP contribution < -0.4 is 128 Å². The zero-order valence-electron chi connectivity index (χ0n) is 33.3. The first-order chi connectivity index (χ1) is 26.9. The van der Waals surface area contributed by atoms with E-state index in [0.717, 1.165) is 6.07 Å². The van der Waals surface area contributed by atoms with Gasteiger partial charge in [0.05, 0.1) is 18.5 Å². The number of phenolic OH excluding ortho intramolecular Hbond substituents is 2. The minimum Gasteiger partial charge on any atom is -0.745 e. The van der Waals surface area contributed by atoms with Crippen molar-refractivity contribution in [3.8, 4) is 17.2 Å². The molecule has 0 amide bonds. The Morgan fingerprint density at radius 2 is 1.32 bits per heavy atom. The Balaban J connectivity index is -0.000000853. The van der Waals surface area contributed by atoms with E-state index in [-0.39, 0.29) is 185 Å². The van der Waals surface area contributed by atoms with Crippen LogP contribution in [0.1, 0.15) is 0 Å². The number of methoxy groups -OCH3 is 1. The Kier molecular flexibility index (Phi) is 33.2. The molecule has 0 spiro atoms. The fraction of sp³-hybridized carbons (Fsp3) is 0.100. The summed E-state index contributed by atoms with van der Waals surface area (Å²) in [4.78, 5) is -0.804. The van der Waals surface area contributed by atoms with Gasteiger partial charge in [0.2, 0.25) is 10.4 Å². The van der Waals surface area contributed by atoms with Crippen molar-refractivity contribution in [2.75, 3.05) is 25.2 Å². The predicted molar refractivity (Wildman–Crippen MR) is 197 cm³/mol. The number of azo groups is 2. The first-order valence-electron chi connectivity index (χ1n) is 14.6. The van der Waals surface area contributed by atoms with Crippen LogP contribution in [-0.2, 0) is 68.6 Å². The van der Waals surface area contributed by atoms with Crippen LogP contribution in [0.2, 0.25) is 0 Å². The molecule has 0 saturated carbocycles. The molecule has 0 bridgehead atoms. The average molecular weight is 1060 g/mol. The first-order valence-corrected chi connectivity index (χ1v) is 21.0. The van der Waals surface area contributed by atoms with Gasteiger partial charge in [0.1, 0.15) is 32.2 Å². The van der Waals surface area contributed by atoms with Crippen LogP contribution in [-0.4, -0.2) is 94.3 Å². The summed E-state index contributed by atoms with van der Waals surface area (Å²) in [6, 6.07) is 20.0. The van der Waals surface area contributed by atoms with E-state index >= 15 is 0 Å². The number of hydrogen-bond donors (Lipinski definition) is 4. The summed E-state index contributed by atoms with van der Waals surface area (Å²) in [5.74, 6) is -1.40. The number of rotatable bonds is 9. The van der Waals surface area contributed by atoms with E-state index in [1.807, 2.05) is 0 Å². The van der Waals surface area contributed by atoms with Gasteiger partial charge in [-0.1, -0.05) is 34.0 Å². The third-order valence-corrected chi connectivity index (χ3v) is 9.18. The van der Waals surface area contributed by atoms with E-state index in [2.05, 4.69) is 44.8 Å². The molecule has 5 aromatic rings. The van der Waals surface area contributed by atoms with Crippen molar-refractivity contribution in [1.82, 2.24) is 0 Å². The summed E-state index contributed by atoms with van der Waals surface area (Å²) in [6.45, 7) is 3.39. The van der Waals surface area contributed by atoms with E-state index in [0.29, 0.717) is 16.5 Å². The van der Waals surface area contributed by atoms with Gasteiger partial charge in [-0.25, -0.2) is 25.3 Å². The van der Waals surface area contributed by atoms with E-state index in [9.17, 15) is 31.6 Å². The van der Waals surface area contributed by atoms with Crippen LogP contribution in [0, 0.1) is 19.1 Å². The number of anilines is 1. The second kappa shape index (κ2) is 30.7. The minimum atomic E-state index is -4.95.